The average molecular weight is 302 g/mol. The van der Waals surface area contributed by atoms with Crippen molar-refractivity contribution in [2.75, 3.05) is 18.5 Å². The highest BCUT2D eigenvalue weighted by Gasteiger charge is 2.10. The molecule has 0 spiro atoms. The first-order valence-electron chi connectivity index (χ1n) is 6.76. The number of hydrogen-bond acceptors (Lipinski definition) is 3. The van der Waals surface area contributed by atoms with Crippen molar-refractivity contribution in [3.05, 3.63) is 47.5 Å². The molecule has 0 saturated carbocycles. The van der Waals surface area contributed by atoms with Crippen molar-refractivity contribution in [1.29, 1.82) is 0 Å². The number of rotatable bonds is 4. The van der Waals surface area contributed by atoms with Gasteiger partial charge in [0.05, 0.1) is 17.6 Å². The fraction of sp³-hybridized carbons (Fsp3) is 0.188. The van der Waals surface area contributed by atoms with Gasteiger partial charge in [0.2, 0.25) is 0 Å². The minimum Gasteiger partial charge on any atom is -0.395 e. The number of aryl methyl sites for hydroxylation is 1. The van der Waals surface area contributed by atoms with Gasteiger partial charge in [0.15, 0.2) is 0 Å². The molecule has 3 aromatic rings. The van der Waals surface area contributed by atoms with Crippen molar-refractivity contribution in [2.24, 2.45) is 7.05 Å². The van der Waals surface area contributed by atoms with Crippen molar-refractivity contribution in [3.63, 3.8) is 0 Å². The zero-order valence-corrected chi connectivity index (χ0v) is 12.4. The molecule has 2 aromatic carbocycles. The molecular weight excluding hydrogens is 286 g/mol. The molecule has 0 saturated heterocycles. The number of fused-ring (bicyclic) bond motifs is 1. The summed E-state index contributed by atoms with van der Waals surface area (Å²) in [7, 11) is 2.00. The number of imidazole rings is 1. The van der Waals surface area contributed by atoms with E-state index in [-0.39, 0.29) is 6.61 Å². The second kappa shape index (κ2) is 5.76. The number of nitrogens with one attached hydrogen (secondary N) is 1. The maximum atomic E-state index is 8.81. The van der Waals surface area contributed by atoms with Crippen LogP contribution in [0.3, 0.4) is 0 Å². The standard InChI is InChI=1S/C16H16ClN3O/c1-20-15-7-4-12(17)10-14(15)19-16(20)11-2-5-13(6-3-11)18-8-9-21/h2-7,10,18,21H,8-9H2,1H3. The van der Waals surface area contributed by atoms with Gasteiger partial charge in [0, 0.05) is 29.9 Å². The summed E-state index contributed by atoms with van der Waals surface area (Å²) in [4.78, 5) is 4.65. The molecule has 4 nitrogen and oxygen atoms in total. The molecule has 0 radical (unpaired) electrons. The molecule has 0 aliphatic heterocycles. The molecule has 5 heteroatoms. The summed E-state index contributed by atoms with van der Waals surface area (Å²) in [5.41, 5.74) is 3.97. The lowest BCUT2D eigenvalue weighted by Gasteiger charge is -2.06. The van der Waals surface area contributed by atoms with E-state index in [0.29, 0.717) is 11.6 Å². The van der Waals surface area contributed by atoms with Gasteiger partial charge >= 0.3 is 0 Å². The third-order valence-electron chi connectivity index (χ3n) is 3.43. The molecule has 0 bridgehead atoms. The zero-order valence-electron chi connectivity index (χ0n) is 11.7. The van der Waals surface area contributed by atoms with E-state index >= 15 is 0 Å². The van der Waals surface area contributed by atoms with Crippen LogP contribution in [0, 0.1) is 0 Å². The van der Waals surface area contributed by atoms with E-state index in [1.54, 1.807) is 0 Å². The summed E-state index contributed by atoms with van der Waals surface area (Å²) in [6.07, 6.45) is 0. The second-order valence-electron chi connectivity index (χ2n) is 4.86. The van der Waals surface area contributed by atoms with Crippen LogP contribution in [0.15, 0.2) is 42.5 Å². The second-order valence-corrected chi connectivity index (χ2v) is 5.29. The molecule has 3 rings (SSSR count). The smallest absolute Gasteiger partial charge is 0.140 e. The van der Waals surface area contributed by atoms with Crippen LogP contribution in [-0.4, -0.2) is 27.8 Å². The van der Waals surface area contributed by atoms with Gasteiger partial charge in [-0.15, -0.1) is 0 Å². The number of aliphatic hydroxyl groups excluding tert-OH is 1. The summed E-state index contributed by atoms with van der Waals surface area (Å²) >= 11 is 6.02. The number of nitrogens with zero attached hydrogens (tertiary/aromatic N) is 2. The molecule has 0 fully saturated rings. The predicted octanol–water partition coefficient (Wildman–Crippen LogP) is 3.30. The molecule has 0 atom stereocenters. The Morgan fingerprint density at radius 2 is 1.95 bits per heavy atom. The Morgan fingerprint density at radius 3 is 2.67 bits per heavy atom. The summed E-state index contributed by atoms with van der Waals surface area (Å²) in [5, 5.41) is 12.6. The Bertz CT molecular complexity index is 765. The van der Waals surface area contributed by atoms with Gasteiger partial charge in [0.25, 0.3) is 0 Å². The fourth-order valence-corrected chi connectivity index (χ4v) is 2.53. The van der Waals surface area contributed by atoms with E-state index in [2.05, 4.69) is 14.9 Å². The summed E-state index contributed by atoms with van der Waals surface area (Å²) in [6.45, 7) is 0.664. The van der Waals surface area contributed by atoms with E-state index in [1.165, 1.54) is 0 Å². The van der Waals surface area contributed by atoms with Crippen LogP contribution < -0.4 is 5.32 Å². The SMILES string of the molecule is Cn1c(-c2ccc(NCCO)cc2)nc2cc(Cl)ccc21. The molecule has 1 aromatic heterocycles. The number of halogens is 1. The van der Waals surface area contributed by atoms with Crippen LogP contribution in [0.5, 0.6) is 0 Å². The lowest BCUT2D eigenvalue weighted by atomic mass is 10.2. The van der Waals surface area contributed by atoms with Crippen molar-refractivity contribution in [2.45, 2.75) is 0 Å². The van der Waals surface area contributed by atoms with Gasteiger partial charge in [-0.1, -0.05) is 11.6 Å². The molecule has 2 N–H and O–H groups in total. The maximum absolute atomic E-state index is 8.81. The predicted molar refractivity (Wildman–Crippen MR) is 86.7 cm³/mol. The first-order chi connectivity index (χ1) is 10.2. The quantitative estimate of drug-likeness (QED) is 0.777. The molecule has 0 aliphatic rings. The van der Waals surface area contributed by atoms with E-state index in [1.807, 2.05) is 49.5 Å². The van der Waals surface area contributed by atoms with Gasteiger partial charge in [-0.3, -0.25) is 0 Å². The fourth-order valence-electron chi connectivity index (χ4n) is 2.37. The van der Waals surface area contributed by atoms with Crippen molar-refractivity contribution < 1.29 is 5.11 Å². The minimum atomic E-state index is 0.118. The number of hydrogen-bond donors (Lipinski definition) is 2. The zero-order chi connectivity index (χ0) is 14.8. The normalized spacial score (nSPS) is 11.0. The molecule has 0 amide bonds. The van der Waals surface area contributed by atoms with Crippen LogP contribution in [0.2, 0.25) is 5.02 Å². The lowest BCUT2D eigenvalue weighted by molar-refractivity contribution is 0.311. The van der Waals surface area contributed by atoms with Crippen LogP contribution >= 0.6 is 11.6 Å². The number of benzene rings is 2. The monoisotopic (exact) mass is 301 g/mol. The van der Waals surface area contributed by atoms with Gasteiger partial charge in [0.1, 0.15) is 5.82 Å². The van der Waals surface area contributed by atoms with Crippen molar-refractivity contribution >= 4 is 28.3 Å². The van der Waals surface area contributed by atoms with Gasteiger partial charge in [-0.25, -0.2) is 4.98 Å². The Balaban J connectivity index is 1.98. The molecular formula is C16H16ClN3O. The molecule has 0 unspecified atom stereocenters. The molecule has 0 aliphatic carbocycles. The molecule has 21 heavy (non-hydrogen) atoms. The van der Waals surface area contributed by atoms with E-state index < -0.39 is 0 Å². The van der Waals surface area contributed by atoms with E-state index in [4.69, 9.17) is 16.7 Å². The third-order valence-corrected chi connectivity index (χ3v) is 3.66. The van der Waals surface area contributed by atoms with Gasteiger partial charge in [-0.05, 0) is 42.5 Å². The van der Waals surface area contributed by atoms with E-state index in [9.17, 15) is 0 Å². The summed E-state index contributed by atoms with van der Waals surface area (Å²) in [6, 6.07) is 13.7. The highest BCUT2D eigenvalue weighted by atomic mass is 35.5. The average Bonchev–Trinajstić information content (AvgIpc) is 2.82. The Hall–Kier alpha value is -2.04. The third kappa shape index (κ3) is 2.73. The topological polar surface area (TPSA) is 50.1 Å². The number of aromatic nitrogens is 2. The van der Waals surface area contributed by atoms with E-state index in [0.717, 1.165) is 28.1 Å². The van der Waals surface area contributed by atoms with Gasteiger partial charge in [-0.2, -0.15) is 0 Å². The lowest BCUT2D eigenvalue weighted by Crippen LogP contribution is -2.05. The van der Waals surface area contributed by atoms with Crippen LogP contribution in [0.25, 0.3) is 22.4 Å². The maximum Gasteiger partial charge on any atom is 0.140 e. The van der Waals surface area contributed by atoms with Gasteiger partial charge < -0.3 is 15.0 Å². The number of anilines is 1. The minimum absolute atomic E-state index is 0.118. The Labute approximate surface area is 128 Å². The van der Waals surface area contributed by atoms with Crippen LogP contribution in [-0.2, 0) is 7.05 Å². The highest BCUT2D eigenvalue weighted by molar-refractivity contribution is 6.31. The largest absolute Gasteiger partial charge is 0.395 e. The van der Waals surface area contributed by atoms with Crippen molar-refractivity contribution in [3.8, 4) is 11.4 Å². The summed E-state index contributed by atoms with van der Waals surface area (Å²) in [5.74, 6) is 0.904. The van der Waals surface area contributed by atoms with Crippen LogP contribution in [0.1, 0.15) is 0 Å². The summed E-state index contributed by atoms with van der Waals surface area (Å²) < 4.78 is 2.06. The Morgan fingerprint density at radius 1 is 1.19 bits per heavy atom. The first kappa shape index (κ1) is 13.9. The molecule has 1 heterocycles. The molecule has 108 valence electrons. The highest BCUT2D eigenvalue weighted by Crippen LogP contribution is 2.26. The Kier molecular flexibility index (Phi) is 3.82. The first-order valence-corrected chi connectivity index (χ1v) is 7.14. The van der Waals surface area contributed by atoms with Crippen molar-refractivity contribution in [1.82, 2.24) is 9.55 Å². The number of aliphatic hydroxyl groups is 1. The van der Waals surface area contributed by atoms with Crippen LogP contribution in [0.4, 0.5) is 5.69 Å².